The number of nitrogens with one attached hydrogen (secondary N) is 2. The van der Waals surface area contributed by atoms with Gasteiger partial charge in [-0.2, -0.15) is 0 Å². The maximum atomic E-state index is 11.8. The van der Waals surface area contributed by atoms with Crippen molar-refractivity contribution >= 4 is 29.1 Å². The van der Waals surface area contributed by atoms with Gasteiger partial charge in [0.25, 0.3) is 5.91 Å². The molecule has 0 heterocycles. The van der Waals surface area contributed by atoms with E-state index >= 15 is 0 Å². The largest absolute Gasteiger partial charge is 0.493 e. The first-order valence-electron chi connectivity index (χ1n) is 7.16. The maximum absolute atomic E-state index is 11.8. The molecule has 2 rings (SSSR count). The van der Waals surface area contributed by atoms with Gasteiger partial charge in [0, 0.05) is 10.7 Å². The number of rotatable bonds is 7. The maximum Gasteiger partial charge on any atom is 0.258 e. The second-order valence-corrected chi connectivity index (χ2v) is 5.21. The van der Waals surface area contributed by atoms with Crippen molar-refractivity contribution in [2.75, 3.05) is 25.6 Å². The molecular formula is C17H17ClN2O4. The predicted molar refractivity (Wildman–Crippen MR) is 91.6 cm³/mol. The minimum atomic E-state index is -0.415. The lowest BCUT2D eigenvalue weighted by Gasteiger charge is -2.10. The molecule has 7 heteroatoms. The van der Waals surface area contributed by atoms with Crippen molar-refractivity contribution in [1.29, 1.82) is 0 Å². The topological polar surface area (TPSA) is 76.7 Å². The van der Waals surface area contributed by atoms with Gasteiger partial charge in [-0.3, -0.25) is 9.59 Å². The second kappa shape index (κ2) is 8.79. The number of hydrogen-bond donors (Lipinski definition) is 2. The predicted octanol–water partition coefficient (Wildman–Crippen LogP) is 2.48. The smallest absolute Gasteiger partial charge is 0.258 e. The fourth-order valence-electron chi connectivity index (χ4n) is 1.88. The summed E-state index contributed by atoms with van der Waals surface area (Å²) in [5.74, 6) is 0.215. The van der Waals surface area contributed by atoms with Gasteiger partial charge in [0.1, 0.15) is 0 Å². The number of carbonyl (C=O) groups excluding carboxylic acids is 2. The summed E-state index contributed by atoms with van der Waals surface area (Å²) in [7, 11) is 1.52. The van der Waals surface area contributed by atoms with Gasteiger partial charge in [-0.25, -0.2) is 0 Å². The van der Waals surface area contributed by atoms with E-state index in [0.29, 0.717) is 22.2 Å². The molecule has 0 saturated heterocycles. The molecule has 0 bridgehead atoms. The average Bonchev–Trinajstić information content (AvgIpc) is 2.58. The van der Waals surface area contributed by atoms with E-state index in [4.69, 9.17) is 21.1 Å². The third kappa shape index (κ3) is 5.48. The molecule has 2 N–H and O–H groups in total. The number of hydrogen-bond acceptors (Lipinski definition) is 4. The van der Waals surface area contributed by atoms with Crippen molar-refractivity contribution in [3.8, 4) is 11.5 Å². The van der Waals surface area contributed by atoms with E-state index < -0.39 is 5.91 Å². The van der Waals surface area contributed by atoms with Crippen LogP contribution in [-0.4, -0.2) is 32.1 Å². The zero-order valence-corrected chi connectivity index (χ0v) is 13.8. The lowest BCUT2D eigenvalue weighted by atomic mass is 10.3. The summed E-state index contributed by atoms with van der Waals surface area (Å²) in [6, 6.07) is 13.7. The van der Waals surface area contributed by atoms with Crippen LogP contribution in [0.2, 0.25) is 5.02 Å². The number of ether oxygens (including phenoxy) is 2. The van der Waals surface area contributed by atoms with E-state index in [0.717, 1.165) is 0 Å². The second-order valence-electron chi connectivity index (χ2n) is 4.77. The zero-order chi connectivity index (χ0) is 17.4. The lowest BCUT2D eigenvalue weighted by Crippen LogP contribution is -2.35. The van der Waals surface area contributed by atoms with Crippen molar-refractivity contribution in [3.63, 3.8) is 0 Å². The Balaban J connectivity index is 1.75. The average molecular weight is 349 g/mol. The zero-order valence-electron chi connectivity index (χ0n) is 13.0. The Bertz CT molecular complexity index is 721. The Morgan fingerprint density at radius 3 is 2.50 bits per heavy atom. The number of amides is 2. The summed E-state index contributed by atoms with van der Waals surface area (Å²) in [5.41, 5.74) is 0.562. The third-order valence-corrected chi connectivity index (χ3v) is 3.22. The number of methoxy groups -OCH3 is 1. The van der Waals surface area contributed by atoms with Crippen LogP contribution < -0.4 is 20.1 Å². The van der Waals surface area contributed by atoms with Crippen molar-refractivity contribution < 1.29 is 19.1 Å². The lowest BCUT2D eigenvalue weighted by molar-refractivity contribution is -0.125. The van der Waals surface area contributed by atoms with Crippen LogP contribution in [-0.2, 0) is 9.59 Å². The van der Waals surface area contributed by atoms with Gasteiger partial charge in [-0.1, -0.05) is 29.8 Å². The van der Waals surface area contributed by atoms with Crippen LogP contribution in [0.3, 0.4) is 0 Å². The van der Waals surface area contributed by atoms with E-state index in [1.54, 1.807) is 48.5 Å². The van der Waals surface area contributed by atoms with E-state index in [9.17, 15) is 9.59 Å². The van der Waals surface area contributed by atoms with E-state index in [-0.39, 0.29) is 19.1 Å². The molecule has 0 saturated carbocycles. The Morgan fingerprint density at radius 2 is 1.79 bits per heavy atom. The van der Waals surface area contributed by atoms with Gasteiger partial charge in [-0.05, 0) is 30.3 Å². The van der Waals surface area contributed by atoms with Gasteiger partial charge < -0.3 is 20.1 Å². The highest BCUT2D eigenvalue weighted by molar-refractivity contribution is 6.30. The molecule has 0 unspecified atom stereocenters. The Hall–Kier alpha value is -2.73. The first-order valence-corrected chi connectivity index (χ1v) is 7.54. The summed E-state index contributed by atoms with van der Waals surface area (Å²) in [6.45, 7) is -0.383. The highest BCUT2D eigenvalue weighted by atomic mass is 35.5. The van der Waals surface area contributed by atoms with Gasteiger partial charge in [0.05, 0.1) is 13.7 Å². The molecule has 2 amide bonds. The van der Waals surface area contributed by atoms with Crippen LogP contribution in [0.5, 0.6) is 11.5 Å². The van der Waals surface area contributed by atoms with Gasteiger partial charge in [0.2, 0.25) is 5.91 Å². The van der Waals surface area contributed by atoms with E-state index in [2.05, 4.69) is 10.6 Å². The number of carbonyl (C=O) groups is 2. The highest BCUT2D eigenvalue weighted by Gasteiger charge is 2.09. The first kappa shape index (κ1) is 17.6. The molecule has 0 fully saturated rings. The summed E-state index contributed by atoms with van der Waals surface area (Å²) < 4.78 is 10.5. The quantitative estimate of drug-likeness (QED) is 0.806. The molecule has 2 aromatic rings. The number of halogens is 1. The number of para-hydroxylation sites is 2. The van der Waals surface area contributed by atoms with Gasteiger partial charge >= 0.3 is 0 Å². The molecular weight excluding hydrogens is 332 g/mol. The molecule has 24 heavy (non-hydrogen) atoms. The van der Waals surface area contributed by atoms with Gasteiger partial charge in [0.15, 0.2) is 18.1 Å². The van der Waals surface area contributed by atoms with E-state index in [1.165, 1.54) is 7.11 Å². The van der Waals surface area contributed by atoms with Crippen molar-refractivity contribution in [2.45, 2.75) is 0 Å². The Labute approximate surface area is 144 Å². The molecule has 0 radical (unpaired) electrons. The summed E-state index contributed by atoms with van der Waals surface area (Å²) in [4.78, 5) is 23.5. The number of anilines is 1. The minimum Gasteiger partial charge on any atom is -0.493 e. The summed E-state index contributed by atoms with van der Waals surface area (Å²) >= 11 is 5.83. The number of benzene rings is 2. The third-order valence-electron chi connectivity index (χ3n) is 2.98. The first-order chi connectivity index (χ1) is 11.6. The standard InChI is InChI=1S/C17H17ClN2O4/c1-23-14-7-2-3-8-15(14)24-11-17(22)19-10-16(21)20-13-6-4-5-12(18)9-13/h2-9H,10-11H2,1H3,(H,19,22)(H,20,21). The van der Waals surface area contributed by atoms with Gasteiger partial charge in [-0.15, -0.1) is 0 Å². The summed E-state index contributed by atoms with van der Waals surface area (Å²) in [6.07, 6.45) is 0. The molecule has 6 nitrogen and oxygen atoms in total. The van der Waals surface area contributed by atoms with Crippen molar-refractivity contribution in [1.82, 2.24) is 5.32 Å². The normalized spacial score (nSPS) is 9.92. The van der Waals surface area contributed by atoms with Crippen molar-refractivity contribution in [3.05, 3.63) is 53.6 Å². The molecule has 2 aromatic carbocycles. The Morgan fingerprint density at radius 1 is 1.04 bits per heavy atom. The molecule has 126 valence electrons. The van der Waals surface area contributed by atoms with Crippen LogP contribution in [0.4, 0.5) is 5.69 Å². The van der Waals surface area contributed by atoms with Crippen LogP contribution in [0.15, 0.2) is 48.5 Å². The molecule has 0 aliphatic heterocycles. The molecule has 0 aliphatic rings. The van der Waals surface area contributed by atoms with Crippen LogP contribution in [0.1, 0.15) is 0 Å². The fourth-order valence-corrected chi connectivity index (χ4v) is 2.07. The minimum absolute atomic E-state index is 0.166. The summed E-state index contributed by atoms with van der Waals surface area (Å²) in [5, 5.41) is 5.62. The van der Waals surface area contributed by atoms with E-state index in [1.807, 2.05) is 0 Å². The van der Waals surface area contributed by atoms with Crippen LogP contribution in [0, 0.1) is 0 Å². The molecule has 0 aliphatic carbocycles. The van der Waals surface area contributed by atoms with Crippen LogP contribution in [0.25, 0.3) is 0 Å². The van der Waals surface area contributed by atoms with Crippen molar-refractivity contribution in [2.24, 2.45) is 0 Å². The highest BCUT2D eigenvalue weighted by Crippen LogP contribution is 2.25. The fraction of sp³-hybridized carbons (Fsp3) is 0.176. The SMILES string of the molecule is COc1ccccc1OCC(=O)NCC(=O)Nc1cccc(Cl)c1. The molecule has 0 atom stereocenters. The monoisotopic (exact) mass is 348 g/mol. The molecule has 0 spiro atoms. The molecule has 0 aromatic heterocycles. The van der Waals surface area contributed by atoms with Crippen LogP contribution >= 0.6 is 11.6 Å². The Kier molecular flexibility index (Phi) is 6.45.